The Kier molecular flexibility index (Phi) is 11.2. The lowest BCUT2D eigenvalue weighted by atomic mass is 9.97. The number of benzene rings is 8. The Balaban J connectivity index is 0.000000738. The lowest BCUT2D eigenvalue weighted by molar-refractivity contribution is 0.982. The van der Waals surface area contributed by atoms with Crippen molar-refractivity contribution in [2.75, 3.05) is 10.6 Å². The first-order valence-corrected chi connectivity index (χ1v) is 18.8. The lowest BCUT2D eigenvalue weighted by Gasteiger charge is -2.29. The SMILES string of the molecule is CC.CC.CC.Nc1ccc2ccc3ccc(-n4c5ccccc5c5cc6ccccc6cc54)cc3c2c1N(Cc1ccccc1)c1ccccc1. The average molecular weight is 680 g/mol. The summed E-state index contributed by atoms with van der Waals surface area (Å²) in [6.45, 7) is 12.7. The quantitative estimate of drug-likeness (QED) is 0.145. The summed E-state index contributed by atoms with van der Waals surface area (Å²) >= 11 is 0. The number of fused-ring (bicyclic) bond motifs is 7. The zero-order valence-corrected chi connectivity index (χ0v) is 31.3. The third-order valence-electron chi connectivity index (χ3n) is 9.31. The highest BCUT2D eigenvalue weighted by Gasteiger charge is 2.20. The van der Waals surface area contributed by atoms with Crippen LogP contribution in [0.2, 0.25) is 0 Å². The second kappa shape index (κ2) is 16.3. The van der Waals surface area contributed by atoms with Gasteiger partial charge >= 0.3 is 0 Å². The van der Waals surface area contributed by atoms with Gasteiger partial charge in [0, 0.05) is 34.1 Å². The molecule has 2 N–H and O–H groups in total. The van der Waals surface area contributed by atoms with E-state index in [9.17, 15) is 0 Å². The van der Waals surface area contributed by atoms with Gasteiger partial charge in [0.2, 0.25) is 0 Å². The van der Waals surface area contributed by atoms with Crippen molar-refractivity contribution in [2.24, 2.45) is 0 Å². The maximum absolute atomic E-state index is 6.96. The first-order chi connectivity index (χ1) is 25.7. The van der Waals surface area contributed by atoms with Crippen molar-refractivity contribution < 1.29 is 0 Å². The molecular weight excluding hydrogens is 631 g/mol. The molecular formula is C49H49N3. The molecule has 1 heterocycles. The van der Waals surface area contributed by atoms with Gasteiger partial charge in [0.1, 0.15) is 0 Å². The van der Waals surface area contributed by atoms with Crippen molar-refractivity contribution in [3.63, 3.8) is 0 Å². The van der Waals surface area contributed by atoms with Gasteiger partial charge in [0.25, 0.3) is 0 Å². The molecule has 0 aliphatic rings. The molecule has 0 spiro atoms. The van der Waals surface area contributed by atoms with Gasteiger partial charge < -0.3 is 15.2 Å². The molecule has 0 radical (unpaired) electrons. The summed E-state index contributed by atoms with van der Waals surface area (Å²) < 4.78 is 2.42. The highest BCUT2D eigenvalue weighted by molar-refractivity contribution is 6.18. The van der Waals surface area contributed by atoms with Gasteiger partial charge in [-0.3, -0.25) is 0 Å². The molecule has 0 amide bonds. The van der Waals surface area contributed by atoms with Crippen LogP contribution in [0, 0.1) is 0 Å². The van der Waals surface area contributed by atoms with Crippen LogP contribution in [0.4, 0.5) is 17.1 Å². The van der Waals surface area contributed by atoms with E-state index in [0.717, 1.165) is 33.5 Å². The van der Waals surface area contributed by atoms with Crippen LogP contribution in [0.15, 0.2) is 164 Å². The topological polar surface area (TPSA) is 34.2 Å². The van der Waals surface area contributed by atoms with Crippen molar-refractivity contribution >= 4 is 71.2 Å². The number of nitrogens with zero attached hydrogens (tertiary/aromatic N) is 2. The number of para-hydroxylation sites is 2. The summed E-state index contributed by atoms with van der Waals surface area (Å²) in [5.41, 5.74) is 14.6. The third-order valence-corrected chi connectivity index (χ3v) is 9.31. The molecule has 0 bridgehead atoms. The molecule has 260 valence electrons. The Morgan fingerprint density at radius 1 is 0.462 bits per heavy atom. The molecule has 0 aliphatic heterocycles. The fourth-order valence-electron chi connectivity index (χ4n) is 7.17. The molecule has 9 rings (SSSR count). The zero-order chi connectivity index (χ0) is 36.6. The summed E-state index contributed by atoms with van der Waals surface area (Å²) in [6, 6.07) is 58.7. The second-order valence-electron chi connectivity index (χ2n) is 12.0. The highest BCUT2D eigenvalue weighted by Crippen LogP contribution is 2.43. The molecule has 0 saturated carbocycles. The Morgan fingerprint density at radius 3 is 1.77 bits per heavy atom. The van der Waals surface area contributed by atoms with Crippen LogP contribution in [-0.2, 0) is 6.54 Å². The monoisotopic (exact) mass is 679 g/mol. The summed E-state index contributed by atoms with van der Waals surface area (Å²) in [6.07, 6.45) is 0. The van der Waals surface area contributed by atoms with Crippen LogP contribution in [0.1, 0.15) is 47.1 Å². The molecule has 0 fully saturated rings. The lowest BCUT2D eigenvalue weighted by Crippen LogP contribution is -2.18. The average Bonchev–Trinajstić information content (AvgIpc) is 3.55. The van der Waals surface area contributed by atoms with E-state index in [0.29, 0.717) is 6.54 Å². The Hall–Kier alpha value is -6.06. The van der Waals surface area contributed by atoms with E-state index >= 15 is 0 Å². The van der Waals surface area contributed by atoms with E-state index in [1.807, 2.05) is 47.6 Å². The molecule has 8 aromatic carbocycles. The van der Waals surface area contributed by atoms with E-state index in [1.165, 1.54) is 48.9 Å². The van der Waals surface area contributed by atoms with Gasteiger partial charge in [-0.1, -0.05) is 157 Å². The Labute approximate surface area is 308 Å². The maximum Gasteiger partial charge on any atom is 0.0733 e. The fourth-order valence-corrected chi connectivity index (χ4v) is 7.17. The highest BCUT2D eigenvalue weighted by atomic mass is 15.1. The predicted molar refractivity (Wildman–Crippen MR) is 230 cm³/mol. The number of anilines is 3. The van der Waals surface area contributed by atoms with Crippen LogP contribution < -0.4 is 10.6 Å². The van der Waals surface area contributed by atoms with Gasteiger partial charge in [-0.05, 0) is 81.0 Å². The van der Waals surface area contributed by atoms with Crippen molar-refractivity contribution in [3.05, 3.63) is 169 Å². The molecule has 0 aliphatic carbocycles. The first kappa shape index (κ1) is 35.8. The molecule has 52 heavy (non-hydrogen) atoms. The normalized spacial score (nSPS) is 10.7. The number of nitrogens with two attached hydrogens (primary N) is 1. The van der Waals surface area contributed by atoms with Crippen molar-refractivity contribution in [1.82, 2.24) is 4.57 Å². The molecule has 3 heteroatoms. The maximum atomic E-state index is 6.96. The van der Waals surface area contributed by atoms with Gasteiger partial charge in [-0.25, -0.2) is 0 Å². The number of hydrogen-bond acceptors (Lipinski definition) is 2. The molecule has 0 unspecified atom stereocenters. The predicted octanol–water partition coefficient (Wildman–Crippen LogP) is 14.2. The molecule has 0 atom stereocenters. The van der Waals surface area contributed by atoms with Crippen LogP contribution in [0.3, 0.4) is 0 Å². The van der Waals surface area contributed by atoms with E-state index in [4.69, 9.17) is 5.73 Å². The molecule has 1 aromatic heterocycles. The fraction of sp³-hybridized carbons (Fsp3) is 0.143. The van der Waals surface area contributed by atoms with E-state index in [1.54, 1.807) is 0 Å². The summed E-state index contributed by atoms with van der Waals surface area (Å²) in [4.78, 5) is 2.37. The van der Waals surface area contributed by atoms with E-state index in [2.05, 4.69) is 167 Å². The Morgan fingerprint density at radius 2 is 1.04 bits per heavy atom. The smallest absolute Gasteiger partial charge is 0.0733 e. The minimum Gasteiger partial charge on any atom is -0.397 e. The largest absolute Gasteiger partial charge is 0.397 e. The van der Waals surface area contributed by atoms with Crippen molar-refractivity contribution in [1.29, 1.82) is 0 Å². The van der Waals surface area contributed by atoms with Crippen LogP contribution >= 0.6 is 0 Å². The van der Waals surface area contributed by atoms with Gasteiger partial charge in [-0.15, -0.1) is 0 Å². The summed E-state index contributed by atoms with van der Waals surface area (Å²) in [7, 11) is 0. The number of aromatic nitrogens is 1. The van der Waals surface area contributed by atoms with Crippen molar-refractivity contribution in [3.8, 4) is 5.69 Å². The molecule has 9 aromatic rings. The molecule has 3 nitrogen and oxygen atoms in total. The zero-order valence-electron chi connectivity index (χ0n) is 31.3. The Bertz CT molecular complexity index is 2570. The third kappa shape index (κ3) is 6.58. The summed E-state index contributed by atoms with van der Waals surface area (Å²) in [5, 5.41) is 9.68. The minimum atomic E-state index is 0.699. The number of nitrogen functional groups attached to an aromatic ring is 1. The van der Waals surface area contributed by atoms with E-state index < -0.39 is 0 Å². The number of hydrogen-bond donors (Lipinski definition) is 1. The van der Waals surface area contributed by atoms with Gasteiger partial charge in [-0.2, -0.15) is 0 Å². The standard InChI is InChI=1S/C43H31N3.3C2H6/c44-39-24-22-31-20-19-30-21-23-35(46-40-18-10-9-17-36(40)38-25-32-13-7-8-14-33(32)26-41(38)46)27-37(30)42(31)43(39)45(34-15-5-2-6-16-34)28-29-11-3-1-4-12-29;3*1-2/h1-27H,28,44H2;3*1-2H3. The van der Waals surface area contributed by atoms with Crippen molar-refractivity contribution in [2.45, 2.75) is 48.1 Å². The van der Waals surface area contributed by atoms with Crippen LogP contribution in [-0.4, -0.2) is 4.57 Å². The first-order valence-electron chi connectivity index (χ1n) is 18.8. The van der Waals surface area contributed by atoms with Gasteiger partial charge in [0.05, 0.1) is 22.4 Å². The second-order valence-corrected chi connectivity index (χ2v) is 12.0. The van der Waals surface area contributed by atoms with Gasteiger partial charge in [0.15, 0.2) is 0 Å². The minimum absolute atomic E-state index is 0.699. The molecule has 0 saturated heterocycles. The van der Waals surface area contributed by atoms with E-state index in [-0.39, 0.29) is 0 Å². The van der Waals surface area contributed by atoms with Crippen LogP contribution in [0.25, 0.3) is 59.8 Å². The summed E-state index contributed by atoms with van der Waals surface area (Å²) in [5.74, 6) is 0. The van der Waals surface area contributed by atoms with Crippen LogP contribution in [0.5, 0.6) is 0 Å². The number of rotatable bonds is 5.